The molecule has 4 amide bonds. The average molecular weight is 541 g/mol. The second-order valence-corrected chi connectivity index (χ2v) is 10.3. The summed E-state index contributed by atoms with van der Waals surface area (Å²) in [6.45, 7) is 7.06. The largest absolute Gasteiger partial charge is 0.480 e. The van der Waals surface area contributed by atoms with Crippen molar-refractivity contribution in [1.29, 1.82) is 0 Å². The zero-order valence-corrected chi connectivity index (χ0v) is 22.6. The van der Waals surface area contributed by atoms with Crippen molar-refractivity contribution in [2.45, 2.75) is 77.9 Å². The molecule has 1 aromatic carbocycles. The van der Waals surface area contributed by atoms with E-state index in [1.807, 2.05) is 6.07 Å². The van der Waals surface area contributed by atoms with Gasteiger partial charge in [0.15, 0.2) is 0 Å². The van der Waals surface area contributed by atoms with Gasteiger partial charge in [-0.05, 0) is 50.7 Å². The Labute approximate surface area is 226 Å². The fraction of sp³-hybridized carbons (Fsp3) is 0.481. The van der Waals surface area contributed by atoms with Crippen molar-refractivity contribution < 1.29 is 24.3 Å². The second kappa shape index (κ2) is 12.5. The number of aromatic nitrogens is 2. The number of hydrogen-bond acceptors (Lipinski definition) is 6. The fourth-order valence-corrected chi connectivity index (χ4v) is 4.68. The molecule has 1 aliphatic rings. The highest BCUT2D eigenvalue weighted by molar-refractivity contribution is 6.06. The van der Waals surface area contributed by atoms with Crippen molar-refractivity contribution in [3.63, 3.8) is 0 Å². The second-order valence-electron chi connectivity index (χ2n) is 10.3. The van der Waals surface area contributed by atoms with Gasteiger partial charge in [-0.1, -0.05) is 38.5 Å². The third-order valence-corrected chi connectivity index (χ3v) is 6.80. The molecular formula is C27H36N6O6. The average Bonchev–Trinajstić information content (AvgIpc) is 2.85. The summed E-state index contributed by atoms with van der Waals surface area (Å²) < 4.78 is 0. The van der Waals surface area contributed by atoms with Crippen LogP contribution in [0.4, 0.5) is 10.6 Å². The fourth-order valence-electron chi connectivity index (χ4n) is 4.68. The molecule has 12 heteroatoms. The Hall–Kier alpha value is -4.22. The number of rotatable bonds is 9. The molecule has 1 heterocycles. The maximum absolute atomic E-state index is 13.0. The smallest absolute Gasteiger partial charge is 0.346 e. The zero-order chi connectivity index (χ0) is 28.7. The van der Waals surface area contributed by atoms with Crippen LogP contribution in [0.25, 0.3) is 0 Å². The van der Waals surface area contributed by atoms with Crippen molar-refractivity contribution in [2.75, 3.05) is 5.32 Å². The number of carboxylic acids is 1. The molecule has 39 heavy (non-hydrogen) atoms. The van der Waals surface area contributed by atoms with E-state index in [0.717, 1.165) is 30.4 Å². The molecule has 3 rings (SSSR count). The first-order valence-corrected chi connectivity index (χ1v) is 13.0. The van der Waals surface area contributed by atoms with Crippen molar-refractivity contribution in [3.8, 4) is 0 Å². The number of H-pyrrole nitrogens is 1. The van der Waals surface area contributed by atoms with Gasteiger partial charge in [-0.15, -0.1) is 0 Å². The summed E-state index contributed by atoms with van der Waals surface area (Å²) in [6, 6.07) is 3.19. The molecule has 1 aromatic heterocycles. The Morgan fingerprint density at radius 3 is 2.28 bits per heavy atom. The van der Waals surface area contributed by atoms with Gasteiger partial charge < -0.3 is 31.4 Å². The van der Waals surface area contributed by atoms with Gasteiger partial charge in [0.2, 0.25) is 5.91 Å². The number of anilines is 1. The van der Waals surface area contributed by atoms with E-state index < -0.39 is 35.3 Å². The molecule has 1 unspecified atom stereocenters. The summed E-state index contributed by atoms with van der Waals surface area (Å²) in [5, 5.41) is 20.6. The lowest BCUT2D eigenvalue weighted by molar-refractivity contribution is -0.139. The summed E-state index contributed by atoms with van der Waals surface area (Å²) in [6.07, 6.45) is 4.60. The summed E-state index contributed by atoms with van der Waals surface area (Å²) >= 11 is 0. The van der Waals surface area contributed by atoms with Crippen LogP contribution in [0.5, 0.6) is 0 Å². The number of hydrogen-bond donors (Lipinski definition) is 6. The van der Waals surface area contributed by atoms with E-state index >= 15 is 0 Å². The van der Waals surface area contributed by atoms with E-state index in [4.69, 9.17) is 0 Å². The van der Waals surface area contributed by atoms with Crippen LogP contribution in [-0.4, -0.2) is 50.6 Å². The number of nitrogens with one attached hydrogen (secondary N) is 5. The van der Waals surface area contributed by atoms with Gasteiger partial charge in [0.05, 0.1) is 0 Å². The number of carboxylic acid groups (broad SMARTS) is 1. The minimum atomic E-state index is -1.42. The molecular weight excluding hydrogens is 504 g/mol. The Morgan fingerprint density at radius 2 is 1.69 bits per heavy atom. The first kappa shape index (κ1) is 29.3. The monoisotopic (exact) mass is 540 g/mol. The highest BCUT2D eigenvalue weighted by Crippen LogP contribution is 2.26. The molecule has 0 radical (unpaired) electrons. The molecule has 0 aliphatic heterocycles. The molecule has 1 aliphatic carbocycles. The van der Waals surface area contributed by atoms with Gasteiger partial charge in [0.1, 0.15) is 17.5 Å². The molecule has 12 nitrogen and oxygen atoms in total. The molecule has 0 saturated heterocycles. The van der Waals surface area contributed by atoms with Crippen LogP contribution in [0.3, 0.4) is 0 Å². The Kier molecular flexibility index (Phi) is 9.44. The topological polar surface area (TPSA) is 182 Å². The third-order valence-electron chi connectivity index (χ3n) is 6.80. The van der Waals surface area contributed by atoms with E-state index in [2.05, 4.69) is 31.2 Å². The van der Waals surface area contributed by atoms with Crippen LogP contribution in [0, 0.1) is 19.8 Å². The minimum Gasteiger partial charge on any atom is -0.480 e. The highest BCUT2D eigenvalue weighted by Gasteiger charge is 2.36. The Morgan fingerprint density at radius 1 is 1.05 bits per heavy atom. The van der Waals surface area contributed by atoms with Crippen molar-refractivity contribution in [3.05, 3.63) is 57.1 Å². The summed E-state index contributed by atoms with van der Waals surface area (Å²) in [7, 11) is 0. The van der Waals surface area contributed by atoms with E-state index in [9.17, 15) is 29.1 Å². The number of carbonyl (C=O) groups is 4. The first-order chi connectivity index (χ1) is 18.4. The maximum Gasteiger partial charge on any atom is 0.346 e. The molecule has 210 valence electrons. The van der Waals surface area contributed by atoms with Crippen LogP contribution in [0.2, 0.25) is 0 Å². The van der Waals surface area contributed by atoms with Crippen molar-refractivity contribution >= 4 is 29.6 Å². The van der Waals surface area contributed by atoms with Crippen molar-refractivity contribution in [2.24, 2.45) is 5.92 Å². The quantitative estimate of drug-likeness (QED) is 0.264. The lowest BCUT2D eigenvalue weighted by Gasteiger charge is -2.39. The summed E-state index contributed by atoms with van der Waals surface area (Å²) in [5.41, 5.74) is 0.370. The number of amides is 4. The molecule has 6 N–H and O–H groups in total. The molecule has 1 fully saturated rings. The number of nitrogens with zero attached hydrogens (tertiary/aromatic N) is 1. The van der Waals surface area contributed by atoms with E-state index in [0.29, 0.717) is 18.4 Å². The number of urea groups is 1. The molecule has 1 saturated carbocycles. The normalized spacial score (nSPS) is 15.2. The summed E-state index contributed by atoms with van der Waals surface area (Å²) in [4.78, 5) is 68.7. The third kappa shape index (κ3) is 7.65. The highest BCUT2D eigenvalue weighted by atomic mass is 16.4. The van der Waals surface area contributed by atoms with Crippen molar-refractivity contribution in [1.82, 2.24) is 25.9 Å². The predicted octanol–water partition coefficient (Wildman–Crippen LogP) is 2.37. The van der Waals surface area contributed by atoms with E-state index in [-0.39, 0.29) is 29.6 Å². The molecule has 1 atom stereocenters. The maximum atomic E-state index is 13.0. The van der Waals surface area contributed by atoms with Crippen LogP contribution < -0.4 is 27.0 Å². The number of aryl methyl sites for hydroxylation is 2. The van der Waals surface area contributed by atoms with Crippen LogP contribution in [-0.2, 0) is 16.0 Å². The Bertz CT molecular complexity index is 1280. The molecule has 0 bridgehead atoms. The van der Waals surface area contributed by atoms with E-state index in [1.54, 1.807) is 39.8 Å². The van der Waals surface area contributed by atoms with Gasteiger partial charge in [-0.25, -0.2) is 14.4 Å². The first-order valence-electron chi connectivity index (χ1n) is 13.0. The lowest BCUT2D eigenvalue weighted by Crippen LogP contribution is -2.64. The number of benzene rings is 1. The SMILES string of the molecule is Cc1cccc(C)c1C(=O)Nc1nc(=O)[nH]cc1CC(NC(=O)NC1(NC(=O)C(C)C)CCCCC1)C(=O)O. The van der Waals surface area contributed by atoms with Crippen LogP contribution in [0.1, 0.15) is 73.0 Å². The number of carbonyl (C=O) groups excluding carboxylic acids is 3. The van der Waals surface area contributed by atoms with Gasteiger partial charge in [-0.2, -0.15) is 4.98 Å². The van der Waals surface area contributed by atoms with Crippen LogP contribution in [0.15, 0.2) is 29.2 Å². The summed E-state index contributed by atoms with van der Waals surface area (Å²) in [5.74, 6) is -2.43. The lowest BCUT2D eigenvalue weighted by atomic mass is 9.88. The van der Waals surface area contributed by atoms with Gasteiger partial charge >= 0.3 is 17.7 Å². The predicted molar refractivity (Wildman–Crippen MR) is 144 cm³/mol. The molecule has 0 spiro atoms. The Balaban J connectivity index is 1.79. The van der Waals surface area contributed by atoms with Gasteiger partial charge in [-0.3, -0.25) is 9.59 Å². The van der Waals surface area contributed by atoms with Crippen LogP contribution >= 0.6 is 0 Å². The number of aromatic amines is 1. The minimum absolute atomic E-state index is 0.104. The van der Waals surface area contributed by atoms with E-state index in [1.165, 1.54) is 6.20 Å². The zero-order valence-electron chi connectivity index (χ0n) is 22.6. The standard InChI is InChI=1S/C27H36N6O6/c1-15(2)22(34)32-27(11-6-5-7-12-27)33-26(39)29-19(24(36)37)13-18-14-28-25(38)31-21(18)30-23(35)20-16(3)9-8-10-17(20)4/h8-10,14-15,19H,5-7,11-13H2,1-4H3,(H,32,34)(H,36,37)(H2,29,33,39)(H2,28,30,31,35,38). The van der Waals surface area contributed by atoms with Gasteiger partial charge in [0.25, 0.3) is 5.91 Å². The van der Waals surface area contributed by atoms with Gasteiger partial charge in [0, 0.05) is 29.7 Å². The number of aliphatic carboxylic acids is 1. The molecule has 2 aromatic rings.